The fraction of sp³-hybridized carbons (Fsp3) is 0.381. The van der Waals surface area contributed by atoms with Gasteiger partial charge in [-0.1, -0.05) is 0 Å². The Morgan fingerprint density at radius 3 is 2.44 bits per heavy atom. The molecule has 0 aromatic heterocycles. The minimum atomic E-state index is -2.71. The van der Waals surface area contributed by atoms with Gasteiger partial charge in [-0.15, -0.1) is 0 Å². The molecule has 0 saturated heterocycles. The molecule has 0 bridgehead atoms. The third-order valence-corrected chi connectivity index (χ3v) is 14.0. The fourth-order valence-electron chi connectivity index (χ4n) is 4.47. The fourth-order valence-corrected chi connectivity index (χ4v) is 13.4. The Morgan fingerprint density at radius 2 is 1.92 bits per heavy atom. The van der Waals surface area contributed by atoms with Crippen molar-refractivity contribution in [3.05, 3.63) is 67.1 Å². The summed E-state index contributed by atoms with van der Waals surface area (Å²) in [5.74, 6) is 0.451. The normalized spacial score (nSPS) is 22.8. The SMILES string of the molecule is CCC1=CC=C2C(=C(C3=CC=CC3)C(C)=[C]2[Hf]([Cl])[Cl])C(C)C1=[Si](C)C. The van der Waals surface area contributed by atoms with E-state index in [0.717, 1.165) is 12.8 Å². The van der Waals surface area contributed by atoms with Crippen LogP contribution < -0.4 is 0 Å². The van der Waals surface area contributed by atoms with E-state index < -0.39 is 27.5 Å². The summed E-state index contributed by atoms with van der Waals surface area (Å²) in [6.45, 7) is 11.8. The van der Waals surface area contributed by atoms with Gasteiger partial charge in [0.2, 0.25) is 0 Å². The predicted octanol–water partition coefficient (Wildman–Crippen LogP) is 6.80. The summed E-state index contributed by atoms with van der Waals surface area (Å²) in [6, 6.07) is 0. The summed E-state index contributed by atoms with van der Waals surface area (Å²) in [4.78, 5) is 0. The van der Waals surface area contributed by atoms with Gasteiger partial charge in [-0.3, -0.25) is 0 Å². The van der Waals surface area contributed by atoms with Crippen molar-refractivity contribution in [1.82, 2.24) is 0 Å². The third-order valence-electron chi connectivity index (χ3n) is 5.44. The molecule has 0 heterocycles. The molecule has 3 rings (SSSR count). The molecule has 0 amide bonds. The van der Waals surface area contributed by atoms with Crippen LogP contribution in [0.25, 0.3) is 0 Å². The Bertz CT molecular complexity index is 828. The zero-order valence-corrected chi connectivity index (χ0v) is 21.7. The maximum atomic E-state index is 6.64. The monoisotopic (exact) mass is 555 g/mol. The van der Waals surface area contributed by atoms with Gasteiger partial charge in [0.25, 0.3) is 0 Å². The molecule has 1 atom stereocenters. The Morgan fingerprint density at radius 1 is 1.20 bits per heavy atom. The summed E-state index contributed by atoms with van der Waals surface area (Å²) in [5, 5.41) is 1.67. The molecule has 131 valence electrons. The molecule has 0 aromatic rings. The summed E-state index contributed by atoms with van der Waals surface area (Å²) in [6.07, 6.45) is 13.5. The topological polar surface area (TPSA) is 0 Å². The molecular weight excluding hydrogens is 530 g/mol. The first-order valence-corrected chi connectivity index (χ1v) is 22.2. The summed E-state index contributed by atoms with van der Waals surface area (Å²) >= 11 is -2.71. The van der Waals surface area contributed by atoms with Crippen LogP contribution in [-0.2, 0) is 19.1 Å². The number of fused-ring (bicyclic) bond motifs is 1. The van der Waals surface area contributed by atoms with E-state index in [1.54, 1.807) is 5.17 Å². The van der Waals surface area contributed by atoms with E-state index in [9.17, 15) is 0 Å². The van der Waals surface area contributed by atoms with Crippen LogP contribution in [0.15, 0.2) is 67.1 Å². The zero-order chi connectivity index (χ0) is 18.3. The van der Waals surface area contributed by atoms with Crippen molar-refractivity contribution in [2.24, 2.45) is 5.92 Å². The van der Waals surface area contributed by atoms with E-state index in [1.165, 1.54) is 36.8 Å². The van der Waals surface area contributed by atoms with Gasteiger partial charge in [-0.05, 0) is 0 Å². The molecule has 1 unspecified atom stereocenters. The third kappa shape index (κ3) is 3.45. The van der Waals surface area contributed by atoms with Crippen LogP contribution >= 0.6 is 17.2 Å². The first-order valence-electron chi connectivity index (χ1n) is 8.97. The number of halogens is 2. The standard InChI is InChI=1S/C21H25Si.2ClH.Hf/c1-6-16-11-12-18-13-14(2)19(17-9-7-8-10-17)20(18)15(3)21(16)22(4)5;;;/h7-9,11-12,15H,6,10H2,1-5H3;2*1H;/q;;;+2/p-2. The van der Waals surface area contributed by atoms with E-state index in [1.807, 2.05) is 0 Å². The Balaban J connectivity index is 2.29. The molecule has 0 saturated carbocycles. The molecule has 4 heteroatoms. The van der Waals surface area contributed by atoms with E-state index in [0.29, 0.717) is 5.92 Å². The maximum absolute atomic E-state index is 6.64. The Hall–Kier alpha value is -0.0230. The first-order chi connectivity index (χ1) is 11.9. The molecule has 0 spiro atoms. The van der Waals surface area contributed by atoms with Crippen LogP contribution in [0.1, 0.15) is 33.6 Å². The Kier molecular flexibility index (Phi) is 6.25. The van der Waals surface area contributed by atoms with Crippen molar-refractivity contribution < 1.29 is 19.1 Å². The van der Waals surface area contributed by atoms with Crippen molar-refractivity contribution in [2.75, 3.05) is 0 Å². The quantitative estimate of drug-likeness (QED) is 0.337. The van der Waals surface area contributed by atoms with Crippen LogP contribution in [0.4, 0.5) is 0 Å². The summed E-state index contributed by atoms with van der Waals surface area (Å²) < 4.78 is 1.31. The number of hydrogen-bond donors (Lipinski definition) is 0. The van der Waals surface area contributed by atoms with Gasteiger partial charge in [0, 0.05) is 0 Å². The molecular formula is C21H25Cl2HfSi. The van der Waals surface area contributed by atoms with Crippen molar-refractivity contribution >= 4 is 30.7 Å². The Labute approximate surface area is 168 Å². The number of rotatable bonds is 3. The number of hydrogen-bond acceptors (Lipinski definition) is 0. The van der Waals surface area contributed by atoms with E-state index >= 15 is 0 Å². The van der Waals surface area contributed by atoms with Gasteiger partial charge >= 0.3 is 170 Å². The van der Waals surface area contributed by atoms with Gasteiger partial charge in [0.05, 0.1) is 0 Å². The van der Waals surface area contributed by atoms with Gasteiger partial charge in [-0.2, -0.15) is 0 Å². The summed E-state index contributed by atoms with van der Waals surface area (Å²) in [5.41, 5.74) is 8.59. The molecule has 0 nitrogen and oxygen atoms in total. The predicted molar refractivity (Wildman–Crippen MR) is 111 cm³/mol. The average molecular weight is 555 g/mol. The van der Waals surface area contributed by atoms with E-state index in [2.05, 4.69) is 64.2 Å². The molecule has 0 aromatic carbocycles. The second-order valence-electron chi connectivity index (χ2n) is 7.13. The van der Waals surface area contributed by atoms with Crippen LogP contribution in [0.2, 0.25) is 13.1 Å². The molecule has 0 radical (unpaired) electrons. The van der Waals surface area contributed by atoms with Gasteiger partial charge < -0.3 is 0 Å². The van der Waals surface area contributed by atoms with Crippen molar-refractivity contribution in [1.29, 1.82) is 0 Å². The van der Waals surface area contributed by atoms with Crippen molar-refractivity contribution in [2.45, 2.75) is 46.7 Å². The first kappa shape index (κ1) is 19.7. The molecule has 3 aliphatic carbocycles. The van der Waals surface area contributed by atoms with Crippen molar-refractivity contribution in [3.8, 4) is 0 Å². The minimum absolute atomic E-state index is 0.451. The molecule has 25 heavy (non-hydrogen) atoms. The molecule has 0 aliphatic heterocycles. The van der Waals surface area contributed by atoms with E-state index in [4.69, 9.17) is 17.2 Å². The second-order valence-corrected chi connectivity index (χ2v) is 21.1. The molecule has 3 aliphatic rings. The average Bonchev–Trinajstić information content (AvgIpc) is 3.12. The molecule has 0 fully saturated rings. The van der Waals surface area contributed by atoms with Crippen molar-refractivity contribution in [3.63, 3.8) is 0 Å². The van der Waals surface area contributed by atoms with Crippen LogP contribution in [-0.4, -0.2) is 13.6 Å². The van der Waals surface area contributed by atoms with E-state index in [-0.39, 0.29) is 0 Å². The van der Waals surface area contributed by atoms with Crippen LogP contribution in [0.3, 0.4) is 0 Å². The van der Waals surface area contributed by atoms with Gasteiger partial charge in [0.1, 0.15) is 0 Å². The van der Waals surface area contributed by atoms with Crippen LogP contribution in [0, 0.1) is 5.92 Å². The summed E-state index contributed by atoms with van der Waals surface area (Å²) in [7, 11) is 12.7. The van der Waals surface area contributed by atoms with Gasteiger partial charge in [0.15, 0.2) is 0 Å². The van der Waals surface area contributed by atoms with Gasteiger partial charge in [-0.25, -0.2) is 0 Å². The zero-order valence-electron chi connectivity index (χ0n) is 15.6. The molecule has 0 N–H and O–H groups in total. The second kappa shape index (κ2) is 7.92. The number of allylic oxidation sites excluding steroid dienone is 12. The van der Waals surface area contributed by atoms with Crippen LogP contribution in [0.5, 0.6) is 0 Å².